The van der Waals surface area contributed by atoms with Gasteiger partial charge in [0.2, 0.25) is 0 Å². The van der Waals surface area contributed by atoms with E-state index in [2.05, 4.69) is 206 Å². The second kappa shape index (κ2) is 12.5. The summed E-state index contributed by atoms with van der Waals surface area (Å²) in [5.74, 6) is 1.79. The summed E-state index contributed by atoms with van der Waals surface area (Å²) in [5.41, 5.74) is 12.1. The predicted octanol–water partition coefficient (Wildman–Crippen LogP) is 15.9. The predicted molar refractivity (Wildman–Crippen MR) is 241 cm³/mol. The van der Waals surface area contributed by atoms with E-state index in [1.807, 2.05) is 0 Å². The number of benzene rings is 11. The molecule has 0 saturated carbocycles. The zero-order valence-corrected chi connectivity index (χ0v) is 31.0. The summed E-state index contributed by atoms with van der Waals surface area (Å²) in [5, 5.41) is 12.4. The molecule has 0 saturated heterocycles. The van der Waals surface area contributed by atoms with Crippen molar-refractivity contribution in [3.05, 3.63) is 206 Å². The molecule has 0 spiro atoms. The molecule has 12 rings (SSSR count). The van der Waals surface area contributed by atoms with Crippen LogP contribution in [0.2, 0.25) is 0 Å². The highest BCUT2D eigenvalue weighted by Crippen LogP contribution is 2.51. The molecule has 1 nitrogen and oxygen atoms in total. The van der Waals surface area contributed by atoms with Crippen LogP contribution >= 0.6 is 0 Å². The summed E-state index contributed by atoms with van der Waals surface area (Å²) >= 11 is 0. The summed E-state index contributed by atoms with van der Waals surface area (Å²) in [6, 6.07) is 75.2. The molecule has 1 aliphatic rings. The van der Waals surface area contributed by atoms with Crippen molar-refractivity contribution in [2.45, 2.75) is 0 Å². The van der Waals surface area contributed by atoms with Crippen molar-refractivity contribution < 1.29 is 4.74 Å². The number of ether oxygens (including phenoxy) is 1. The van der Waals surface area contributed by atoms with E-state index in [-0.39, 0.29) is 0 Å². The van der Waals surface area contributed by atoms with E-state index < -0.39 is 0 Å². The van der Waals surface area contributed by atoms with Crippen molar-refractivity contribution in [2.75, 3.05) is 0 Å². The van der Waals surface area contributed by atoms with E-state index in [9.17, 15) is 0 Å². The monoisotopic (exact) mass is 722 g/mol. The second-order valence-electron chi connectivity index (χ2n) is 15.1. The van der Waals surface area contributed by atoms with Gasteiger partial charge in [-0.15, -0.1) is 0 Å². The second-order valence-corrected chi connectivity index (χ2v) is 15.1. The van der Waals surface area contributed by atoms with E-state index >= 15 is 0 Å². The van der Waals surface area contributed by atoms with Gasteiger partial charge in [0.25, 0.3) is 0 Å². The van der Waals surface area contributed by atoms with Crippen LogP contribution in [0.3, 0.4) is 0 Å². The first-order chi connectivity index (χ1) is 28.3. The van der Waals surface area contributed by atoms with Crippen LogP contribution in [0.15, 0.2) is 206 Å². The first kappa shape index (κ1) is 31.8. The van der Waals surface area contributed by atoms with Gasteiger partial charge in [-0.05, 0) is 123 Å². The maximum atomic E-state index is 6.60. The van der Waals surface area contributed by atoms with Crippen molar-refractivity contribution in [1.82, 2.24) is 0 Å². The van der Waals surface area contributed by atoms with E-state index in [1.54, 1.807) is 0 Å². The third kappa shape index (κ3) is 4.89. The van der Waals surface area contributed by atoms with E-state index in [4.69, 9.17) is 4.74 Å². The van der Waals surface area contributed by atoms with Gasteiger partial charge >= 0.3 is 0 Å². The molecular formula is C56H34O. The van der Waals surface area contributed by atoms with Gasteiger partial charge in [-0.3, -0.25) is 0 Å². The Morgan fingerprint density at radius 1 is 0.246 bits per heavy atom. The molecule has 57 heavy (non-hydrogen) atoms. The average Bonchev–Trinajstić information content (AvgIpc) is 3.28. The molecule has 0 N–H and O–H groups in total. The molecule has 1 aliphatic heterocycles. The molecule has 0 unspecified atom stereocenters. The van der Waals surface area contributed by atoms with Crippen molar-refractivity contribution in [2.24, 2.45) is 0 Å². The lowest BCUT2D eigenvalue weighted by molar-refractivity contribution is 0.487. The van der Waals surface area contributed by atoms with Crippen LogP contribution < -0.4 is 4.74 Å². The van der Waals surface area contributed by atoms with Crippen LogP contribution in [0.5, 0.6) is 11.5 Å². The summed E-state index contributed by atoms with van der Waals surface area (Å²) in [7, 11) is 0. The largest absolute Gasteiger partial charge is 0.456 e. The van der Waals surface area contributed by atoms with Crippen LogP contribution in [0.1, 0.15) is 0 Å². The molecule has 11 aromatic rings. The van der Waals surface area contributed by atoms with Gasteiger partial charge in [0.15, 0.2) is 0 Å². The average molecular weight is 723 g/mol. The molecule has 0 radical (unpaired) electrons. The molecular weight excluding hydrogens is 689 g/mol. The van der Waals surface area contributed by atoms with Crippen LogP contribution in [-0.4, -0.2) is 0 Å². The Bertz CT molecular complexity index is 3420. The minimum atomic E-state index is 0.888. The van der Waals surface area contributed by atoms with Crippen LogP contribution in [0, 0.1) is 0 Å². The molecule has 0 aromatic heterocycles. The Hall–Kier alpha value is -7.48. The third-order valence-corrected chi connectivity index (χ3v) is 12.0. The number of hydrogen-bond acceptors (Lipinski definition) is 1. The highest BCUT2D eigenvalue weighted by molar-refractivity contribution is 6.29. The number of fused-ring (bicyclic) bond motifs is 7. The van der Waals surface area contributed by atoms with Gasteiger partial charge in [-0.2, -0.15) is 0 Å². The Morgan fingerprint density at radius 2 is 0.860 bits per heavy atom. The van der Waals surface area contributed by atoms with Crippen molar-refractivity contribution in [3.8, 4) is 67.1 Å². The molecule has 1 heterocycles. The summed E-state index contributed by atoms with van der Waals surface area (Å²) in [6.45, 7) is 0. The molecule has 0 bridgehead atoms. The lowest BCUT2D eigenvalue weighted by Gasteiger charge is -2.23. The fraction of sp³-hybridized carbons (Fsp3) is 0. The first-order valence-electron chi connectivity index (χ1n) is 19.7. The van der Waals surface area contributed by atoms with Crippen molar-refractivity contribution in [3.63, 3.8) is 0 Å². The Balaban J connectivity index is 1.04. The highest BCUT2D eigenvalue weighted by atomic mass is 16.5. The molecule has 1 heteroatoms. The fourth-order valence-corrected chi connectivity index (χ4v) is 9.50. The smallest absolute Gasteiger partial charge is 0.135 e. The SMILES string of the molecule is c1ccc(-c2ccc3c4c(cccc24)-c2cc(-c4ccc5c(-c6c7ccccc7c(-c7ccccc7)c7c6ccc6ccccc67)cccc5c4)ccc2O3)cc1. The van der Waals surface area contributed by atoms with Crippen LogP contribution in [-0.2, 0) is 0 Å². The Labute approximate surface area is 330 Å². The highest BCUT2D eigenvalue weighted by Gasteiger charge is 2.23. The van der Waals surface area contributed by atoms with E-state index in [0.29, 0.717) is 0 Å². The standard InChI is InChI=1S/C56H34O/c1-3-13-35(14-4-1)41-30-32-52-55-45(41)23-12-24-48(55)50-34-39(27-31-51(50)57-52)38-26-28-42-40(33-38)18-11-22-44(42)54-47-21-10-9-20-46(47)53(37-16-5-2-6-17-37)56-43-19-8-7-15-36(43)25-29-49(54)56/h1-34H. The fourth-order valence-electron chi connectivity index (χ4n) is 9.50. The minimum Gasteiger partial charge on any atom is -0.456 e. The van der Waals surface area contributed by atoms with Crippen LogP contribution in [0.4, 0.5) is 0 Å². The molecule has 0 amide bonds. The van der Waals surface area contributed by atoms with Crippen molar-refractivity contribution >= 4 is 53.9 Å². The molecule has 0 aliphatic carbocycles. The normalized spacial score (nSPS) is 12.0. The molecule has 264 valence electrons. The van der Waals surface area contributed by atoms with E-state index in [0.717, 1.165) is 22.4 Å². The first-order valence-corrected chi connectivity index (χ1v) is 19.7. The quantitative estimate of drug-likeness (QED) is 0.130. The molecule has 0 atom stereocenters. The molecule has 11 aromatic carbocycles. The van der Waals surface area contributed by atoms with Crippen LogP contribution in [0.25, 0.3) is 109 Å². The lowest BCUT2D eigenvalue weighted by atomic mass is 9.83. The maximum Gasteiger partial charge on any atom is 0.135 e. The zero-order chi connectivity index (χ0) is 37.5. The molecule has 0 fully saturated rings. The summed E-state index contributed by atoms with van der Waals surface area (Å²) in [4.78, 5) is 0. The number of rotatable bonds is 4. The maximum absolute atomic E-state index is 6.60. The third-order valence-electron chi connectivity index (χ3n) is 12.0. The van der Waals surface area contributed by atoms with Crippen molar-refractivity contribution in [1.29, 1.82) is 0 Å². The van der Waals surface area contributed by atoms with Gasteiger partial charge in [-0.25, -0.2) is 0 Å². The lowest BCUT2D eigenvalue weighted by Crippen LogP contribution is -1.98. The Morgan fingerprint density at radius 3 is 1.70 bits per heavy atom. The van der Waals surface area contributed by atoms with Gasteiger partial charge in [0.05, 0.1) is 0 Å². The number of hydrogen-bond donors (Lipinski definition) is 0. The summed E-state index contributed by atoms with van der Waals surface area (Å²) in [6.07, 6.45) is 0. The topological polar surface area (TPSA) is 9.23 Å². The van der Waals surface area contributed by atoms with Gasteiger partial charge in [-0.1, -0.05) is 182 Å². The van der Waals surface area contributed by atoms with Gasteiger partial charge < -0.3 is 4.74 Å². The van der Waals surface area contributed by atoms with E-state index in [1.165, 1.54) is 98.5 Å². The van der Waals surface area contributed by atoms with Gasteiger partial charge in [0.1, 0.15) is 11.5 Å². The zero-order valence-electron chi connectivity index (χ0n) is 31.0. The minimum absolute atomic E-state index is 0.888. The summed E-state index contributed by atoms with van der Waals surface area (Å²) < 4.78 is 6.60. The Kier molecular flexibility index (Phi) is 7.00. The van der Waals surface area contributed by atoms with Gasteiger partial charge in [0, 0.05) is 10.9 Å².